The molecule has 2 N–H and O–H groups in total. The number of ether oxygens (including phenoxy) is 2. The third-order valence-corrected chi connectivity index (χ3v) is 3.45. The van der Waals surface area contributed by atoms with E-state index in [1.165, 1.54) is 7.11 Å². The molecule has 0 saturated heterocycles. The summed E-state index contributed by atoms with van der Waals surface area (Å²) in [7, 11) is 3.05. The van der Waals surface area contributed by atoms with E-state index in [2.05, 4.69) is 0 Å². The lowest BCUT2D eigenvalue weighted by molar-refractivity contribution is -0.147. The van der Waals surface area contributed by atoms with Gasteiger partial charge in [-0.3, -0.25) is 4.79 Å². The minimum atomic E-state index is -0.778. The van der Waals surface area contributed by atoms with Crippen molar-refractivity contribution in [1.29, 1.82) is 0 Å². The maximum Gasteiger partial charge on any atom is 0.317 e. The number of hydrogen-bond donors (Lipinski definition) is 1. The first-order chi connectivity index (χ1) is 9.10. The Morgan fingerprint density at radius 1 is 1.37 bits per heavy atom. The van der Waals surface area contributed by atoms with Crippen LogP contribution in [0.25, 0.3) is 0 Å². The van der Waals surface area contributed by atoms with Gasteiger partial charge in [0, 0.05) is 20.3 Å². The van der Waals surface area contributed by atoms with E-state index in [0.717, 1.165) is 17.5 Å². The summed E-state index contributed by atoms with van der Waals surface area (Å²) in [4.78, 5) is 12.2. The lowest BCUT2D eigenvalue weighted by Gasteiger charge is -2.30. The molecule has 1 unspecified atom stereocenters. The van der Waals surface area contributed by atoms with Crippen molar-refractivity contribution < 1.29 is 14.3 Å². The molecule has 4 heteroatoms. The van der Waals surface area contributed by atoms with Crippen molar-refractivity contribution in [2.45, 2.75) is 25.2 Å². The number of esters is 1. The number of carbonyl (C=O) groups is 1. The van der Waals surface area contributed by atoms with Crippen LogP contribution in [-0.4, -0.2) is 33.3 Å². The molecule has 4 nitrogen and oxygen atoms in total. The number of rotatable bonds is 7. The average Bonchev–Trinajstić information content (AvgIpc) is 2.43. The Bertz CT molecular complexity index is 420. The van der Waals surface area contributed by atoms with Crippen LogP contribution in [0.15, 0.2) is 24.3 Å². The van der Waals surface area contributed by atoms with Crippen LogP contribution < -0.4 is 5.73 Å². The summed E-state index contributed by atoms with van der Waals surface area (Å²) in [5, 5.41) is 0. The quantitative estimate of drug-likeness (QED) is 0.603. The van der Waals surface area contributed by atoms with Crippen LogP contribution in [0.1, 0.15) is 24.0 Å². The normalized spacial score (nSPS) is 13.9. The highest BCUT2D eigenvalue weighted by molar-refractivity contribution is 5.83. The first-order valence-corrected chi connectivity index (χ1v) is 6.45. The van der Waals surface area contributed by atoms with Gasteiger partial charge < -0.3 is 15.2 Å². The van der Waals surface area contributed by atoms with Crippen molar-refractivity contribution >= 4 is 5.97 Å². The molecule has 0 radical (unpaired) electrons. The van der Waals surface area contributed by atoms with Gasteiger partial charge in [-0.1, -0.05) is 29.8 Å². The van der Waals surface area contributed by atoms with E-state index in [1.54, 1.807) is 7.11 Å². The molecule has 1 aromatic carbocycles. The highest BCUT2D eigenvalue weighted by Crippen LogP contribution is 2.30. The summed E-state index contributed by atoms with van der Waals surface area (Å²) in [6, 6.07) is 7.87. The molecule has 1 aromatic rings. The largest absolute Gasteiger partial charge is 0.468 e. The fourth-order valence-corrected chi connectivity index (χ4v) is 2.32. The zero-order valence-electron chi connectivity index (χ0n) is 11.9. The molecule has 0 bridgehead atoms. The molecule has 106 valence electrons. The molecule has 1 rings (SSSR count). The predicted octanol–water partition coefficient (Wildman–Crippen LogP) is 1.79. The Labute approximate surface area is 114 Å². The van der Waals surface area contributed by atoms with E-state index in [9.17, 15) is 4.79 Å². The van der Waals surface area contributed by atoms with Gasteiger partial charge in [-0.05, 0) is 25.3 Å². The predicted molar refractivity (Wildman–Crippen MR) is 75.0 cm³/mol. The maximum atomic E-state index is 12.2. The Hall–Kier alpha value is -1.39. The molecule has 0 aliphatic rings. The van der Waals surface area contributed by atoms with Crippen LogP contribution >= 0.6 is 0 Å². The zero-order valence-corrected chi connectivity index (χ0v) is 11.9. The van der Waals surface area contributed by atoms with Gasteiger partial charge in [0.1, 0.15) is 5.41 Å². The number of carbonyl (C=O) groups excluding carboxylic acids is 1. The van der Waals surface area contributed by atoms with E-state index in [-0.39, 0.29) is 12.5 Å². The molecule has 0 aliphatic heterocycles. The molecule has 19 heavy (non-hydrogen) atoms. The van der Waals surface area contributed by atoms with Crippen molar-refractivity contribution in [2.75, 3.05) is 27.4 Å². The Kier molecular flexibility index (Phi) is 5.99. The number of aryl methyl sites for hydroxylation is 1. The minimum absolute atomic E-state index is 0.229. The Balaban J connectivity index is 3.12. The lowest BCUT2D eigenvalue weighted by Crippen LogP contribution is -2.44. The third-order valence-electron chi connectivity index (χ3n) is 3.45. The van der Waals surface area contributed by atoms with Gasteiger partial charge >= 0.3 is 5.97 Å². The second kappa shape index (κ2) is 7.26. The number of hydrogen-bond acceptors (Lipinski definition) is 4. The van der Waals surface area contributed by atoms with Gasteiger partial charge in [-0.15, -0.1) is 0 Å². The first-order valence-electron chi connectivity index (χ1n) is 6.45. The van der Waals surface area contributed by atoms with E-state index < -0.39 is 5.41 Å². The summed E-state index contributed by atoms with van der Waals surface area (Å²) in [6.07, 6.45) is 1.38. The number of benzene rings is 1. The molecule has 0 aliphatic carbocycles. The van der Waals surface area contributed by atoms with Crippen molar-refractivity contribution in [3.8, 4) is 0 Å². The number of methoxy groups -OCH3 is 2. The second-order valence-corrected chi connectivity index (χ2v) is 4.74. The van der Waals surface area contributed by atoms with Gasteiger partial charge in [0.25, 0.3) is 0 Å². The SMILES string of the molecule is COCCCC(CN)(C(=O)OC)c1cccc(C)c1. The second-order valence-electron chi connectivity index (χ2n) is 4.74. The van der Waals surface area contributed by atoms with Crippen LogP contribution in [0.4, 0.5) is 0 Å². The summed E-state index contributed by atoms with van der Waals surface area (Å²) < 4.78 is 10.0. The molecule has 0 saturated carbocycles. The van der Waals surface area contributed by atoms with Gasteiger partial charge in [-0.25, -0.2) is 0 Å². The maximum absolute atomic E-state index is 12.2. The van der Waals surface area contributed by atoms with Gasteiger partial charge in [0.05, 0.1) is 7.11 Å². The van der Waals surface area contributed by atoms with Crippen LogP contribution in [0.2, 0.25) is 0 Å². The van der Waals surface area contributed by atoms with E-state index in [0.29, 0.717) is 13.0 Å². The third kappa shape index (κ3) is 3.55. The highest BCUT2D eigenvalue weighted by Gasteiger charge is 2.39. The summed E-state index contributed by atoms with van der Waals surface area (Å²) >= 11 is 0. The van der Waals surface area contributed by atoms with Gasteiger partial charge in [0.15, 0.2) is 0 Å². The molecule has 0 heterocycles. The van der Waals surface area contributed by atoms with E-state index in [1.807, 2.05) is 31.2 Å². The monoisotopic (exact) mass is 265 g/mol. The molecule has 1 atom stereocenters. The highest BCUT2D eigenvalue weighted by atomic mass is 16.5. The molecular weight excluding hydrogens is 242 g/mol. The minimum Gasteiger partial charge on any atom is -0.468 e. The van der Waals surface area contributed by atoms with Gasteiger partial charge in [-0.2, -0.15) is 0 Å². The topological polar surface area (TPSA) is 61.5 Å². The standard InChI is InChI=1S/C15H23NO3/c1-12-6-4-7-13(10-12)15(11-16,14(17)19-3)8-5-9-18-2/h4,6-7,10H,5,8-9,11,16H2,1-3H3. The first kappa shape index (κ1) is 15.7. The summed E-state index contributed by atoms with van der Waals surface area (Å²) in [6.45, 7) is 2.83. The zero-order chi connectivity index (χ0) is 14.3. The number of nitrogens with two attached hydrogens (primary N) is 1. The summed E-state index contributed by atoms with van der Waals surface area (Å²) in [5.74, 6) is -0.281. The van der Waals surface area contributed by atoms with Crippen molar-refractivity contribution in [1.82, 2.24) is 0 Å². The van der Waals surface area contributed by atoms with Crippen LogP contribution in [0, 0.1) is 6.92 Å². The summed E-state index contributed by atoms with van der Waals surface area (Å²) in [5.41, 5.74) is 7.15. The molecule has 0 aromatic heterocycles. The van der Waals surface area contributed by atoms with Crippen LogP contribution in [0.3, 0.4) is 0 Å². The van der Waals surface area contributed by atoms with Crippen LogP contribution in [0.5, 0.6) is 0 Å². The van der Waals surface area contributed by atoms with E-state index in [4.69, 9.17) is 15.2 Å². The average molecular weight is 265 g/mol. The molecule has 0 fully saturated rings. The van der Waals surface area contributed by atoms with Gasteiger partial charge in [0.2, 0.25) is 0 Å². The Morgan fingerprint density at radius 2 is 2.11 bits per heavy atom. The molecule has 0 amide bonds. The van der Waals surface area contributed by atoms with Crippen molar-refractivity contribution in [3.05, 3.63) is 35.4 Å². The fraction of sp³-hybridized carbons (Fsp3) is 0.533. The van der Waals surface area contributed by atoms with Crippen molar-refractivity contribution in [3.63, 3.8) is 0 Å². The fourth-order valence-electron chi connectivity index (χ4n) is 2.32. The smallest absolute Gasteiger partial charge is 0.317 e. The lowest BCUT2D eigenvalue weighted by atomic mass is 9.76. The van der Waals surface area contributed by atoms with E-state index >= 15 is 0 Å². The van der Waals surface area contributed by atoms with Crippen LogP contribution in [-0.2, 0) is 19.7 Å². The molecule has 0 spiro atoms. The Morgan fingerprint density at radius 3 is 2.63 bits per heavy atom. The molecular formula is C15H23NO3. The van der Waals surface area contributed by atoms with Crippen molar-refractivity contribution in [2.24, 2.45) is 5.73 Å².